The Kier molecular flexibility index (Phi) is 5.96. The first-order valence-corrected chi connectivity index (χ1v) is 8.92. The van der Waals surface area contributed by atoms with E-state index < -0.39 is 34.8 Å². The Hall–Kier alpha value is -3.54. The van der Waals surface area contributed by atoms with Crippen LogP contribution in [0, 0.1) is 23.3 Å². The van der Waals surface area contributed by atoms with Gasteiger partial charge in [0.2, 0.25) is 34.8 Å². The normalized spacial score (nSPS) is 10.6. The highest BCUT2D eigenvalue weighted by molar-refractivity contribution is 5.62. The van der Waals surface area contributed by atoms with Gasteiger partial charge in [-0.25, -0.2) is 0 Å². The predicted octanol–water partition coefficient (Wildman–Crippen LogP) is 7.89. The van der Waals surface area contributed by atoms with Crippen molar-refractivity contribution in [2.24, 2.45) is 0 Å². The zero-order valence-electron chi connectivity index (χ0n) is 16.4. The Morgan fingerprint density at radius 3 is 1.07 bits per heavy atom. The highest BCUT2D eigenvalue weighted by atomic mass is 19.2. The van der Waals surface area contributed by atoms with Gasteiger partial charge in [0, 0.05) is 0 Å². The number of halogens is 4. The maximum atomic E-state index is 14.5. The molecule has 0 aromatic heterocycles. The molecule has 0 aliphatic heterocycles. The minimum atomic E-state index is -1.70. The second kappa shape index (κ2) is 8.45. The number of benzene rings is 3. The summed E-state index contributed by atoms with van der Waals surface area (Å²) in [6.07, 6.45) is 0. The molecule has 0 unspecified atom stereocenters. The van der Waals surface area contributed by atoms with Gasteiger partial charge in [0.15, 0.2) is 0 Å². The van der Waals surface area contributed by atoms with Gasteiger partial charge in [0.25, 0.3) is 0 Å². The van der Waals surface area contributed by atoms with Gasteiger partial charge in [0.1, 0.15) is 11.5 Å². The van der Waals surface area contributed by atoms with E-state index in [0.717, 1.165) is 22.3 Å². The Bertz CT molecular complexity index is 998. The van der Waals surface area contributed by atoms with E-state index in [0.29, 0.717) is 0 Å². The third-order valence-electron chi connectivity index (χ3n) is 4.32. The summed E-state index contributed by atoms with van der Waals surface area (Å²) in [5.74, 6) is -9.20. The lowest BCUT2D eigenvalue weighted by Gasteiger charge is -2.14. The maximum Gasteiger partial charge on any atom is 0.208 e. The molecule has 2 nitrogen and oxygen atoms in total. The van der Waals surface area contributed by atoms with E-state index in [4.69, 9.17) is 9.47 Å². The molecule has 0 aliphatic rings. The Morgan fingerprint density at radius 2 is 0.833 bits per heavy atom. The van der Waals surface area contributed by atoms with E-state index in [2.05, 4.69) is 13.2 Å². The zero-order chi connectivity index (χ0) is 22.0. The molecule has 3 aromatic rings. The molecule has 3 rings (SSSR count). The first kappa shape index (κ1) is 21.2. The smallest absolute Gasteiger partial charge is 0.208 e. The topological polar surface area (TPSA) is 18.5 Å². The molecule has 30 heavy (non-hydrogen) atoms. The van der Waals surface area contributed by atoms with Gasteiger partial charge in [0.05, 0.1) is 0 Å². The summed E-state index contributed by atoms with van der Waals surface area (Å²) in [6, 6.07) is 12.0. The molecule has 0 N–H and O–H groups in total. The minimum absolute atomic E-state index is 0.000604. The zero-order valence-corrected chi connectivity index (χ0v) is 16.4. The molecule has 154 valence electrons. The molecule has 0 fully saturated rings. The fraction of sp³-hybridized carbons (Fsp3) is 0.0833. The Labute approximate surface area is 171 Å². The summed E-state index contributed by atoms with van der Waals surface area (Å²) in [7, 11) is 0. The lowest BCUT2D eigenvalue weighted by molar-refractivity contribution is 0.330. The minimum Gasteiger partial charge on any atom is -0.451 e. The second-order valence-corrected chi connectivity index (χ2v) is 6.73. The van der Waals surface area contributed by atoms with Gasteiger partial charge in [-0.3, -0.25) is 0 Å². The van der Waals surface area contributed by atoms with Crippen LogP contribution in [0.1, 0.15) is 25.0 Å². The van der Waals surface area contributed by atoms with Crippen molar-refractivity contribution in [3.63, 3.8) is 0 Å². The van der Waals surface area contributed by atoms with Crippen molar-refractivity contribution in [2.45, 2.75) is 13.8 Å². The van der Waals surface area contributed by atoms with Crippen LogP contribution in [0.3, 0.4) is 0 Å². The average molecular weight is 414 g/mol. The van der Waals surface area contributed by atoms with Gasteiger partial charge in [-0.15, -0.1) is 0 Å². The van der Waals surface area contributed by atoms with Crippen molar-refractivity contribution in [3.8, 4) is 23.0 Å². The number of allylic oxidation sites excluding steroid dienone is 2. The largest absolute Gasteiger partial charge is 0.451 e. The molecule has 0 aliphatic carbocycles. The van der Waals surface area contributed by atoms with E-state index in [1.165, 1.54) is 24.3 Å². The van der Waals surface area contributed by atoms with Crippen LogP contribution in [-0.2, 0) is 0 Å². The fourth-order valence-corrected chi connectivity index (χ4v) is 2.62. The second-order valence-electron chi connectivity index (χ2n) is 6.73. The van der Waals surface area contributed by atoms with Crippen molar-refractivity contribution in [3.05, 3.63) is 96.1 Å². The molecular weight excluding hydrogens is 396 g/mol. The summed E-state index contributed by atoms with van der Waals surface area (Å²) < 4.78 is 67.9. The monoisotopic (exact) mass is 414 g/mol. The van der Waals surface area contributed by atoms with Gasteiger partial charge in [-0.1, -0.05) is 48.6 Å². The Balaban J connectivity index is 1.93. The van der Waals surface area contributed by atoms with Crippen molar-refractivity contribution in [1.82, 2.24) is 0 Å². The lowest BCUT2D eigenvalue weighted by atomic mass is 10.1. The van der Waals surface area contributed by atoms with E-state index in [1.807, 2.05) is 0 Å². The predicted molar refractivity (Wildman–Crippen MR) is 109 cm³/mol. The van der Waals surface area contributed by atoms with Crippen LogP contribution < -0.4 is 9.47 Å². The maximum absolute atomic E-state index is 14.5. The number of ether oxygens (including phenoxy) is 2. The van der Waals surface area contributed by atoms with Crippen LogP contribution in [0.25, 0.3) is 11.1 Å². The van der Waals surface area contributed by atoms with E-state index in [-0.39, 0.29) is 11.5 Å². The van der Waals surface area contributed by atoms with Gasteiger partial charge in [-0.2, -0.15) is 17.6 Å². The summed E-state index contributed by atoms with van der Waals surface area (Å²) in [6.45, 7) is 11.1. The molecule has 0 saturated heterocycles. The third kappa shape index (κ3) is 4.22. The van der Waals surface area contributed by atoms with Gasteiger partial charge in [-0.05, 0) is 49.2 Å². The number of hydrogen-bond acceptors (Lipinski definition) is 2. The van der Waals surface area contributed by atoms with Crippen LogP contribution in [-0.4, -0.2) is 0 Å². The van der Waals surface area contributed by atoms with Crippen LogP contribution in [0.15, 0.2) is 61.7 Å². The molecule has 0 bridgehead atoms. The van der Waals surface area contributed by atoms with Crippen LogP contribution >= 0.6 is 0 Å². The van der Waals surface area contributed by atoms with Crippen LogP contribution in [0.5, 0.6) is 23.0 Å². The van der Waals surface area contributed by atoms with Gasteiger partial charge >= 0.3 is 0 Å². The van der Waals surface area contributed by atoms with Crippen molar-refractivity contribution in [1.29, 1.82) is 0 Å². The summed E-state index contributed by atoms with van der Waals surface area (Å²) in [4.78, 5) is 0. The summed E-state index contributed by atoms with van der Waals surface area (Å²) >= 11 is 0. The highest BCUT2D eigenvalue weighted by Gasteiger charge is 2.29. The van der Waals surface area contributed by atoms with Crippen LogP contribution in [0.2, 0.25) is 0 Å². The molecule has 0 amide bonds. The average Bonchev–Trinajstić information content (AvgIpc) is 2.73. The first-order valence-electron chi connectivity index (χ1n) is 8.92. The van der Waals surface area contributed by atoms with E-state index >= 15 is 0 Å². The molecule has 0 radical (unpaired) electrons. The van der Waals surface area contributed by atoms with Gasteiger partial charge < -0.3 is 9.47 Å². The molecule has 6 heteroatoms. The molecule has 0 spiro atoms. The highest BCUT2D eigenvalue weighted by Crippen LogP contribution is 2.39. The molecule has 0 saturated carbocycles. The van der Waals surface area contributed by atoms with Crippen molar-refractivity contribution in [2.75, 3.05) is 0 Å². The molecular formula is C24H18F4O2. The number of rotatable bonds is 6. The standard InChI is InChI=1S/C24H18F4O2/c1-13(2)15-5-9-17(10-6-15)29-23-19(25)21(27)24(22(28)20(23)26)30-18-11-7-16(8-12-18)14(3)4/h5-12H,1,3H2,2,4H3. The first-order chi connectivity index (χ1) is 14.2. The SMILES string of the molecule is C=C(C)c1ccc(Oc2c(F)c(F)c(Oc3ccc(C(=C)C)cc3)c(F)c2F)cc1. The summed E-state index contributed by atoms with van der Waals surface area (Å²) in [5.41, 5.74) is 3.10. The molecule has 3 aromatic carbocycles. The fourth-order valence-electron chi connectivity index (χ4n) is 2.62. The van der Waals surface area contributed by atoms with Crippen molar-refractivity contribution >= 4 is 11.1 Å². The molecule has 0 heterocycles. The lowest BCUT2D eigenvalue weighted by Crippen LogP contribution is -2.04. The quantitative estimate of drug-likeness (QED) is 0.302. The Morgan fingerprint density at radius 1 is 0.567 bits per heavy atom. The van der Waals surface area contributed by atoms with Crippen molar-refractivity contribution < 1.29 is 27.0 Å². The number of hydrogen-bond donors (Lipinski definition) is 0. The molecule has 0 atom stereocenters. The van der Waals surface area contributed by atoms with Crippen LogP contribution in [0.4, 0.5) is 17.6 Å². The third-order valence-corrected chi connectivity index (χ3v) is 4.32. The summed E-state index contributed by atoms with van der Waals surface area (Å²) in [5, 5.41) is 0. The van der Waals surface area contributed by atoms with E-state index in [1.54, 1.807) is 38.1 Å². The van der Waals surface area contributed by atoms with E-state index in [9.17, 15) is 17.6 Å².